The molecular weight excluding hydrogens is 588 g/mol. The third-order valence-electron chi connectivity index (χ3n) is 8.86. The molecule has 0 spiro atoms. The van der Waals surface area contributed by atoms with Crippen molar-refractivity contribution in [1.29, 1.82) is 0 Å². The highest BCUT2D eigenvalue weighted by atomic mass is 16.5. The van der Waals surface area contributed by atoms with Crippen molar-refractivity contribution in [2.24, 2.45) is 11.8 Å². The van der Waals surface area contributed by atoms with Gasteiger partial charge < -0.3 is 20.1 Å². The Morgan fingerprint density at radius 1 is 0.894 bits per heavy atom. The highest BCUT2D eigenvalue weighted by molar-refractivity contribution is 5.94. The molecule has 8 heteroatoms. The number of amides is 2. The smallest absolute Gasteiger partial charge is 0.272 e. The van der Waals surface area contributed by atoms with Crippen molar-refractivity contribution in [1.82, 2.24) is 20.4 Å². The van der Waals surface area contributed by atoms with Gasteiger partial charge in [0.15, 0.2) is 5.69 Å². The molecule has 1 unspecified atom stereocenters. The minimum absolute atomic E-state index is 0.100. The third kappa shape index (κ3) is 9.24. The SMILES string of the molecule is COc1cccc(OCc2ccccc2)c1-c1cc(C(=O)NC(CC(=O)NCc2ccccc2)CC(C)C)nn1C1CCC(C)CC1. The van der Waals surface area contributed by atoms with Gasteiger partial charge in [0.2, 0.25) is 5.91 Å². The first kappa shape index (κ1) is 33.8. The fourth-order valence-electron chi connectivity index (χ4n) is 6.36. The van der Waals surface area contributed by atoms with Gasteiger partial charge in [-0.05, 0) is 73.3 Å². The fraction of sp³-hybridized carbons (Fsp3) is 0.410. The Balaban J connectivity index is 1.42. The van der Waals surface area contributed by atoms with Crippen LogP contribution in [0.4, 0.5) is 0 Å². The predicted octanol–water partition coefficient (Wildman–Crippen LogP) is 7.74. The number of nitrogens with one attached hydrogen (secondary N) is 2. The first-order valence-corrected chi connectivity index (χ1v) is 16.9. The first-order chi connectivity index (χ1) is 22.8. The number of nitrogens with zero attached hydrogens (tertiary/aromatic N) is 2. The number of carbonyl (C=O) groups excluding carboxylic acids is 2. The molecule has 8 nitrogen and oxygen atoms in total. The normalized spacial score (nSPS) is 16.8. The lowest BCUT2D eigenvalue weighted by Gasteiger charge is -2.28. The van der Waals surface area contributed by atoms with E-state index in [0.717, 1.165) is 48.1 Å². The van der Waals surface area contributed by atoms with E-state index >= 15 is 0 Å². The average Bonchev–Trinajstić information content (AvgIpc) is 3.52. The summed E-state index contributed by atoms with van der Waals surface area (Å²) in [5, 5.41) is 11.1. The topological polar surface area (TPSA) is 94.5 Å². The van der Waals surface area contributed by atoms with Gasteiger partial charge in [0.25, 0.3) is 5.91 Å². The maximum atomic E-state index is 13.9. The number of carbonyl (C=O) groups is 2. The summed E-state index contributed by atoms with van der Waals surface area (Å²) >= 11 is 0. The molecule has 2 amide bonds. The van der Waals surface area contributed by atoms with Gasteiger partial charge in [0, 0.05) is 19.0 Å². The van der Waals surface area contributed by atoms with Crippen LogP contribution in [0.2, 0.25) is 0 Å². The Morgan fingerprint density at radius 2 is 1.55 bits per heavy atom. The lowest BCUT2D eigenvalue weighted by atomic mass is 9.87. The van der Waals surface area contributed by atoms with Crippen LogP contribution in [0, 0.1) is 11.8 Å². The molecule has 1 aliphatic rings. The molecule has 1 aromatic heterocycles. The molecule has 5 rings (SSSR count). The Labute approximate surface area is 278 Å². The summed E-state index contributed by atoms with van der Waals surface area (Å²) < 4.78 is 14.3. The Morgan fingerprint density at radius 3 is 2.21 bits per heavy atom. The van der Waals surface area contributed by atoms with E-state index in [1.54, 1.807) is 7.11 Å². The average molecular weight is 637 g/mol. The van der Waals surface area contributed by atoms with E-state index in [-0.39, 0.29) is 36.2 Å². The molecule has 3 aromatic carbocycles. The molecule has 0 radical (unpaired) electrons. The molecule has 1 heterocycles. The third-order valence-corrected chi connectivity index (χ3v) is 8.86. The van der Waals surface area contributed by atoms with E-state index in [0.29, 0.717) is 42.7 Å². The number of methoxy groups -OCH3 is 1. The molecule has 0 aliphatic heterocycles. The number of benzene rings is 3. The summed E-state index contributed by atoms with van der Waals surface area (Å²) in [6.45, 7) is 7.32. The number of aromatic nitrogens is 2. The van der Waals surface area contributed by atoms with E-state index in [1.165, 1.54) is 0 Å². The van der Waals surface area contributed by atoms with Crippen LogP contribution >= 0.6 is 0 Å². The molecule has 248 valence electrons. The van der Waals surface area contributed by atoms with Crippen molar-refractivity contribution in [2.75, 3.05) is 7.11 Å². The van der Waals surface area contributed by atoms with Crippen molar-refractivity contribution in [3.8, 4) is 22.8 Å². The molecule has 0 bridgehead atoms. The van der Waals surface area contributed by atoms with Crippen molar-refractivity contribution < 1.29 is 19.1 Å². The monoisotopic (exact) mass is 636 g/mol. The second-order valence-electron chi connectivity index (χ2n) is 13.1. The van der Waals surface area contributed by atoms with Crippen molar-refractivity contribution in [3.05, 3.63) is 102 Å². The molecule has 1 saturated carbocycles. The number of ether oxygens (including phenoxy) is 2. The summed E-state index contributed by atoms with van der Waals surface area (Å²) in [4.78, 5) is 26.9. The largest absolute Gasteiger partial charge is 0.496 e. The molecule has 1 fully saturated rings. The van der Waals surface area contributed by atoms with Gasteiger partial charge >= 0.3 is 0 Å². The minimum Gasteiger partial charge on any atom is -0.496 e. The van der Waals surface area contributed by atoms with E-state index in [1.807, 2.05) is 89.6 Å². The molecular formula is C39H48N4O4. The second-order valence-corrected chi connectivity index (χ2v) is 13.1. The van der Waals surface area contributed by atoms with Gasteiger partial charge in [-0.25, -0.2) is 0 Å². The van der Waals surface area contributed by atoms with Crippen molar-refractivity contribution >= 4 is 11.8 Å². The lowest BCUT2D eigenvalue weighted by molar-refractivity contribution is -0.121. The van der Waals surface area contributed by atoms with E-state index < -0.39 is 0 Å². The second kappa shape index (κ2) is 16.3. The minimum atomic E-state index is -0.335. The summed E-state index contributed by atoms with van der Waals surface area (Å²) in [5.41, 5.74) is 3.97. The zero-order chi connectivity index (χ0) is 33.2. The van der Waals surface area contributed by atoms with Crippen LogP contribution in [0.1, 0.15) is 87.0 Å². The van der Waals surface area contributed by atoms with Crippen molar-refractivity contribution in [2.45, 2.75) is 84.5 Å². The zero-order valence-corrected chi connectivity index (χ0v) is 28.1. The van der Waals surface area contributed by atoms with Crippen LogP contribution in [0.3, 0.4) is 0 Å². The zero-order valence-electron chi connectivity index (χ0n) is 28.1. The quantitative estimate of drug-likeness (QED) is 0.148. The molecule has 4 aromatic rings. The molecule has 0 saturated heterocycles. The number of hydrogen-bond acceptors (Lipinski definition) is 5. The summed E-state index contributed by atoms with van der Waals surface area (Å²) in [6, 6.07) is 27.3. The van der Waals surface area contributed by atoms with Gasteiger partial charge in [0.05, 0.1) is 24.4 Å². The maximum absolute atomic E-state index is 13.9. The van der Waals surface area contributed by atoms with Gasteiger partial charge in [-0.3, -0.25) is 14.3 Å². The lowest BCUT2D eigenvalue weighted by Crippen LogP contribution is -2.40. The summed E-state index contributed by atoms with van der Waals surface area (Å²) in [6.07, 6.45) is 5.01. The molecule has 47 heavy (non-hydrogen) atoms. The highest BCUT2D eigenvalue weighted by Gasteiger charge is 2.29. The Kier molecular flexibility index (Phi) is 11.7. The number of hydrogen-bond donors (Lipinski definition) is 2. The highest BCUT2D eigenvalue weighted by Crippen LogP contribution is 2.42. The van der Waals surface area contributed by atoms with Gasteiger partial charge in [-0.1, -0.05) is 87.5 Å². The maximum Gasteiger partial charge on any atom is 0.272 e. The van der Waals surface area contributed by atoms with Gasteiger partial charge in [-0.2, -0.15) is 5.10 Å². The molecule has 1 atom stereocenters. The molecule has 2 N–H and O–H groups in total. The van der Waals surface area contributed by atoms with Gasteiger partial charge in [-0.15, -0.1) is 0 Å². The van der Waals surface area contributed by atoms with Crippen LogP contribution in [0.5, 0.6) is 11.5 Å². The van der Waals surface area contributed by atoms with E-state index in [4.69, 9.17) is 14.6 Å². The van der Waals surface area contributed by atoms with Crippen LogP contribution in [0.25, 0.3) is 11.3 Å². The van der Waals surface area contributed by atoms with Crippen LogP contribution in [-0.2, 0) is 17.9 Å². The Bertz CT molecular complexity index is 1590. The van der Waals surface area contributed by atoms with Crippen LogP contribution in [0.15, 0.2) is 84.9 Å². The molecule has 1 aliphatic carbocycles. The van der Waals surface area contributed by atoms with Crippen LogP contribution in [-0.4, -0.2) is 34.7 Å². The van der Waals surface area contributed by atoms with Crippen molar-refractivity contribution in [3.63, 3.8) is 0 Å². The first-order valence-electron chi connectivity index (χ1n) is 16.9. The summed E-state index contributed by atoms with van der Waals surface area (Å²) in [5.74, 6) is 1.87. The Hall–Kier alpha value is -4.59. The van der Waals surface area contributed by atoms with E-state index in [9.17, 15) is 9.59 Å². The predicted molar refractivity (Wildman–Crippen MR) is 185 cm³/mol. The number of rotatable bonds is 14. The van der Waals surface area contributed by atoms with Gasteiger partial charge in [0.1, 0.15) is 18.1 Å². The van der Waals surface area contributed by atoms with E-state index in [2.05, 4.69) is 31.4 Å². The summed E-state index contributed by atoms with van der Waals surface area (Å²) in [7, 11) is 1.65. The van der Waals surface area contributed by atoms with Crippen LogP contribution < -0.4 is 20.1 Å². The fourth-order valence-corrected chi connectivity index (χ4v) is 6.36. The standard InChI is InChI=1S/C39H48N4O4/c1-27(2)22-31(23-37(44)40-25-29-12-7-5-8-13-29)41-39(45)33-24-34(43(42-33)32-20-18-28(3)19-21-32)38-35(46-4)16-11-17-36(38)47-26-30-14-9-6-10-15-30/h5-17,24,27-28,31-32H,18-23,25-26H2,1-4H3,(H,40,44)(H,41,45).